The van der Waals surface area contributed by atoms with Gasteiger partial charge < -0.3 is 14.3 Å². The SMILES string of the molecule is COc1ccc(-c2nc3cc(OC)ccc3c(=O)n2OC)cc1. The van der Waals surface area contributed by atoms with Gasteiger partial charge in [0.1, 0.15) is 18.6 Å². The van der Waals surface area contributed by atoms with Gasteiger partial charge in [-0.3, -0.25) is 4.79 Å². The van der Waals surface area contributed by atoms with Gasteiger partial charge >= 0.3 is 0 Å². The van der Waals surface area contributed by atoms with E-state index in [9.17, 15) is 4.79 Å². The lowest BCUT2D eigenvalue weighted by atomic mass is 10.2. The molecule has 0 amide bonds. The quantitative estimate of drug-likeness (QED) is 0.738. The Kier molecular flexibility index (Phi) is 3.89. The molecule has 0 N–H and O–H groups in total. The maximum Gasteiger partial charge on any atom is 0.294 e. The molecule has 2 aromatic carbocycles. The van der Waals surface area contributed by atoms with Crippen molar-refractivity contribution in [2.24, 2.45) is 0 Å². The highest BCUT2D eigenvalue weighted by molar-refractivity contribution is 5.81. The molecular formula is C17H16N2O4. The summed E-state index contributed by atoms with van der Waals surface area (Å²) in [5, 5.41) is 0.463. The molecule has 0 atom stereocenters. The summed E-state index contributed by atoms with van der Waals surface area (Å²) < 4.78 is 11.5. The van der Waals surface area contributed by atoms with Crippen LogP contribution in [0.5, 0.6) is 11.5 Å². The molecule has 0 saturated heterocycles. The third-order valence-electron chi connectivity index (χ3n) is 3.57. The van der Waals surface area contributed by atoms with Crippen LogP contribution in [0.2, 0.25) is 0 Å². The normalized spacial score (nSPS) is 10.6. The highest BCUT2D eigenvalue weighted by Crippen LogP contribution is 2.23. The molecule has 0 aliphatic heterocycles. The largest absolute Gasteiger partial charge is 0.497 e. The fourth-order valence-corrected chi connectivity index (χ4v) is 2.37. The molecule has 23 heavy (non-hydrogen) atoms. The smallest absolute Gasteiger partial charge is 0.294 e. The molecule has 0 aliphatic carbocycles. The second-order valence-corrected chi connectivity index (χ2v) is 4.83. The average Bonchev–Trinajstić information content (AvgIpc) is 2.61. The van der Waals surface area contributed by atoms with Gasteiger partial charge in [0.15, 0.2) is 5.82 Å². The second kappa shape index (κ2) is 6.00. The van der Waals surface area contributed by atoms with Gasteiger partial charge in [-0.1, -0.05) is 0 Å². The van der Waals surface area contributed by atoms with Crippen LogP contribution in [0.4, 0.5) is 0 Å². The summed E-state index contributed by atoms with van der Waals surface area (Å²) in [7, 11) is 4.61. The van der Waals surface area contributed by atoms with E-state index >= 15 is 0 Å². The molecule has 3 aromatic rings. The Balaban J connectivity index is 2.27. The van der Waals surface area contributed by atoms with Crippen molar-refractivity contribution >= 4 is 10.9 Å². The van der Waals surface area contributed by atoms with Gasteiger partial charge in [-0.2, -0.15) is 0 Å². The van der Waals surface area contributed by atoms with E-state index in [1.165, 1.54) is 11.8 Å². The van der Waals surface area contributed by atoms with Crippen LogP contribution in [0.15, 0.2) is 47.3 Å². The Hall–Kier alpha value is -3.02. The molecule has 0 spiro atoms. The van der Waals surface area contributed by atoms with Gasteiger partial charge in [-0.25, -0.2) is 4.98 Å². The van der Waals surface area contributed by atoms with Gasteiger partial charge in [-0.05, 0) is 36.4 Å². The molecular weight excluding hydrogens is 296 g/mol. The van der Waals surface area contributed by atoms with Crippen LogP contribution < -0.4 is 19.9 Å². The Morgan fingerprint density at radius 2 is 1.57 bits per heavy atom. The fourth-order valence-electron chi connectivity index (χ4n) is 2.37. The highest BCUT2D eigenvalue weighted by atomic mass is 16.7. The Bertz CT molecular complexity index is 901. The summed E-state index contributed by atoms with van der Waals surface area (Å²) in [5.74, 6) is 1.78. The second-order valence-electron chi connectivity index (χ2n) is 4.83. The van der Waals surface area contributed by atoms with E-state index in [2.05, 4.69) is 4.98 Å². The molecule has 0 radical (unpaired) electrons. The van der Waals surface area contributed by atoms with Gasteiger partial charge in [0.05, 0.1) is 25.1 Å². The van der Waals surface area contributed by atoms with Crippen LogP contribution in [0, 0.1) is 0 Å². The third kappa shape index (κ3) is 2.59. The monoisotopic (exact) mass is 312 g/mol. The molecule has 1 aromatic heterocycles. The number of aromatic nitrogens is 2. The first-order valence-electron chi connectivity index (χ1n) is 6.97. The average molecular weight is 312 g/mol. The number of rotatable bonds is 4. The predicted octanol–water partition coefficient (Wildman–Crippen LogP) is 2.14. The molecule has 1 heterocycles. The highest BCUT2D eigenvalue weighted by Gasteiger charge is 2.14. The number of benzene rings is 2. The van der Waals surface area contributed by atoms with E-state index in [0.717, 1.165) is 11.3 Å². The number of fused-ring (bicyclic) bond motifs is 1. The molecule has 6 nitrogen and oxygen atoms in total. The topological polar surface area (TPSA) is 62.6 Å². The first-order chi connectivity index (χ1) is 11.2. The van der Waals surface area contributed by atoms with Crippen molar-refractivity contribution in [2.45, 2.75) is 0 Å². The Labute approximate surface area is 132 Å². The van der Waals surface area contributed by atoms with Gasteiger partial charge in [0.25, 0.3) is 5.56 Å². The zero-order valence-corrected chi connectivity index (χ0v) is 13.1. The van der Waals surface area contributed by atoms with Crippen molar-refractivity contribution in [3.63, 3.8) is 0 Å². The number of hydrogen-bond acceptors (Lipinski definition) is 5. The van der Waals surface area contributed by atoms with Crippen molar-refractivity contribution in [1.82, 2.24) is 9.71 Å². The van der Waals surface area contributed by atoms with E-state index in [1.807, 2.05) is 12.1 Å². The molecule has 0 fully saturated rings. The third-order valence-corrected chi connectivity index (χ3v) is 3.57. The lowest BCUT2D eigenvalue weighted by Gasteiger charge is -2.12. The minimum absolute atomic E-state index is 0.272. The maximum atomic E-state index is 12.6. The molecule has 0 unspecified atom stereocenters. The molecule has 0 bridgehead atoms. The van der Waals surface area contributed by atoms with Gasteiger partial charge in [0.2, 0.25) is 0 Å². The van der Waals surface area contributed by atoms with Gasteiger partial charge in [0, 0.05) is 11.6 Å². The van der Waals surface area contributed by atoms with E-state index in [4.69, 9.17) is 14.3 Å². The van der Waals surface area contributed by atoms with E-state index in [1.54, 1.807) is 44.6 Å². The number of ether oxygens (including phenoxy) is 2. The summed E-state index contributed by atoms with van der Waals surface area (Å²) in [6.07, 6.45) is 0. The predicted molar refractivity (Wildman–Crippen MR) is 87.0 cm³/mol. The molecule has 6 heteroatoms. The summed E-state index contributed by atoms with van der Waals surface area (Å²) in [6, 6.07) is 12.4. The van der Waals surface area contributed by atoms with Crippen LogP contribution in [0.25, 0.3) is 22.3 Å². The summed E-state index contributed by atoms with van der Waals surface area (Å²) >= 11 is 0. The summed E-state index contributed by atoms with van der Waals surface area (Å²) in [4.78, 5) is 22.4. The molecule has 3 rings (SSSR count). The standard InChI is InChI=1S/C17H16N2O4/c1-21-12-6-4-11(5-7-12)16-18-15-10-13(22-2)8-9-14(15)17(20)19(16)23-3/h4-10H,1-3H3. The minimum Gasteiger partial charge on any atom is -0.497 e. The first-order valence-corrected chi connectivity index (χ1v) is 6.97. The van der Waals surface area contributed by atoms with Crippen molar-refractivity contribution in [3.8, 4) is 22.9 Å². The maximum absolute atomic E-state index is 12.6. The fraction of sp³-hybridized carbons (Fsp3) is 0.176. The van der Waals surface area contributed by atoms with Crippen LogP contribution in [-0.2, 0) is 0 Å². The van der Waals surface area contributed by atoms with E-state index < -0.39 is 0 Å². The zero-order chi connectivity index (χ0) is 16.4. The van der Waals surface area contributed by atoms with Crippen molar-refractivity contribution in [1.29, 1.82) is 0 Å². The minimum atomic E-state index is -0.272. The van der Waals surface area contributed by atoms with Crippen LogP contribution >= 0.6 is 0 Å². The van der Waals surface area contributed by atoms with Crippen molar-refractivity contribution < 1.29 is 14.3 Å². The number of hydrogen-bond donors (Lipinski definition) is 0. The van der Waals surface area contributed by atoms with Gasteiger partial charge in [-0.15, -0.1) is 4.73 Å². The number of nitrogens with zero attached hydrogens (tertiary/aromatic N) is 2. The van der Waals surface area contributed by atoms with Crippen LogP contribution in [-0.4, -0.2) is 31.0 Å². The first kappa shape index (κ1) is 14.9. The lowest BCUT2D eigenvalue weighted by molar-refractivity contribution is 0.160. The van der Waals surface area contributed by atoms with Crippen molar-refractivity contribution in [2.75, 3.05) is 21.3 Å². The summed E-state index contributed by atoms with van der Waals surface area (Å²) in [6.45, 7) is 0. The summed E-state index contributed by atoms with van der Waals surface area (Å²) in [5.41, 5.74) is 1.02. The number of methoxy groups -OCH3 is 2. The molecule has 0 saturated carbocycles. The van der Waals surface area contributed by atoms with E-state index in [-0.39, 0.29) is 5.56 Å². The van der Waals surface area contributed by atoms with E-state index in [0.29, 0.717) is 22.5 Å². The van der Waals surface area contributed by atoms with Crippen molar-refractivity contribution in [3.05, 3.63) is 52.8 Å². The Morgan fingerprint density at radius 1 is 0.913 bits per heavy atom. The molecule has 0 aliphatic rings. The van der Waals surface area contributed by atoms with Crippen LogP contribution in [0.1, 0.15) is 0 Å². The molecule has 118 valence electrons. The lowest BCUT2D eigenvalue weighted by Crippen LogP contribution is -2.27. The zero-order valence-electron chi connectivity index (χ0n) is 13.1. The van der Waals surface area contributed by atoms with Crippen LogP contribution in [0.3, 0.4) is 0 Å². The Morgan fingerprint density at radius 3 is 2.17 bits per heavy atom.